The number of nitrogens with zero attached hydrogens (tertiary/aromatic N) is 4. The zero-order chi connectivity index (χ0) is 19.2. The van der Waals surface area contributed by atoms with Crippen LogP contribution in [0, 0.1) is 6.92 Å². The minimum Gasteiger partial charge on any atom is -0.478 e. The van der Waals surface area contributed by atoms with Gasteiger partial charge in [-0.25, -0.2) is 9.78 Å². The number of aromatic carboxylic acids is 1. The number of pyridine rings is 1. The highest BCUT2D eigenvalue weighted by atomic mass is 16.4. The first-order valence-corrected chi connectivity index (χ1v) is 8.57. The lowest BCUT2D eigenvalue weighted by Crippen LogP contribution is -2.23. The third-order valence-electron chi connectivity index (χ3n) is 4.05. The predicted molar refractivity (Wildman–Crippen MR) is 105 cm³/mol. The van der Waals surface area contributed by atoms with Crippen molar-refractivity contribution >= 4 is 23.4 Å². The normalized spacial score (nSPS) is 10.4. The van der Waals surface area contributed by atoms with Crippen LogP contribution in [-0.4, -0.2) is 39.6 Å². The minimum absolute atomic E-state index is 0.223. The summed E-state index contributed by atoms with van der Waals surface area (Å²) >= 11 is 0. The van der Waals surface area contributed by atoms with E-state index in [-0.39, 0.29) is 5.56 Å². The highest BCUT2D eigenvalue weighted by Gasteiger charge is 2.09. The van der Waals surface area contributed by atoms with Gasteiger partial charge in [-0.3, -0.25) is 4.98 Å². The molecule has 7 nitrogen and oxygen atoms in total. The quantitative estimate of drug-likeness (QED) is 0.665. The van der Waals surface area contributed by atoms with Crippen molar-refractivity contribution in [3.8, 4) is 0 Å². The summed E-state index contributed by atoms with van der Waals surface area (Å²) in [5, 5.41) is 12.3. The van der Waals surface area contributed by atoms with Crippen LogP contribution < -0.4 is 10.2 Å². The summed E-state index contributed by atoms with van der Waals surface area (Å²) in [6.45, 7) is 2.67. The molecule has 3 rings (SSSR count). The smallest absolute Gasteiger partial charge is 0.335 e. The molecule has 0 saturated heterocycles. The number of aryl methyl sites for hydroxylation is 1. The van der Waals surface area contributed by atoms with Gasteiger partial charge in [0.1, 0.15) is 5.82 Å². The molecule has 138 valence electrons. The van der Waals surface area contributed by atoms with Crippen LogP contribution in [0.25, 0.3) is 0 Å². The van der Waals surface area contributed by atoms with Gasteiger partial charge in [-0.1, -0.05) is 6.07 Å². The summed E-state index contributed by atoms with van der Waals surface area (Å²) in [7, 11) is 1.95. The van der Waals surface area contributed by atoms with Crippen LogP contribution in [0.15, 0.2) is 54.9 Å². The summed E-state index contributed by atoms with van der Waals surface area (Å²) in [5.74, 6) is 0.269. The molecule has 3 aromatic rings. The lowest BCUT2D eigenvalue weighted by Gasteiger charge is -2.18. The van der Waals surface area contributed by atoms with E-state index in [2.05, 4.69) is 20.3 Å². The second-order valence-electron chi connectivity index (χ2n) is 6.23. The molecule has 0 radical (unpaired) electrons. The van der Waals surface area contributed by atoms with Crippen LogP contribution in [0.2, 0.25) is 0 Å². The second kappa shape index (κ2) is 8.27. The monoisotopic (exact) mass is 363 g/mol. The molecule has 0 bridgehead atoms. The number of benzene rings is 1. The van der Waals surface area contributed by atoms with Crippen molar-refractivity contribution in [3.05, 3.63) is 71.7 Å². The Balaban J connectivity index is 1.73. The van der Waals surface area contributed by atoms with Gasteiger partial charge in [-0.05, 0) is 49.2 Å². The second-order valence-corrected chi connectivity index (χ2v) is 6.23. The summed E-state index contributed by atoms with van der Waals surface area (Å²) in [6, 6.07) is 12.4. The first-order valence-electron chi connectivity index (χ1n) is 8.57. The molecule has 2 N–H and O–H groups in total. The van der Waals surface area contributed by atoms with E-state index < -0.39 is 5.97 Å². The van der Waals surface area contributed by atoms with Crippen molar-refractivity contribution in [2.75, 3.05) is 23.8 Å². The standard InChI is InChI=1S/C20H21N5O2/c1-14-12-18(23-17-5-3-4-16(13-17)19(26)27)24-20(22-14)25(2)11-8-15-6-9-21-10-7-15/h3-7,9-10,12-13H,8,11H2,1-2H3,(H,26,27)(H,22,23,24). The van der Waals surface area contributed by atoms with Crippen molar-refractivity contribution < 1.29 is 9.90 Å². The zero-order valence-corrected chi connectivity index (χ0v) is 15.3. The summed E-state index contributed by atoms with van der Waals surface area (Å²) in [5.41, 5.74) is 2.92. The number of rotatable bonds is 7. The molecule has 0 amide bonds. The lowest BCUT2D eigenvalue weighted by molar-refractivity contribution is 0.0697. The molecule has 0 atom stereocenters. The maximum atomic E-state index is 11.1. The predicted octanol–water partition coefficient (Wildman–Crippen LogP) is 3.30. The van der Waals surface area contributed by atoms with Crippen LogP contribution in [0.3, 0.4) is 0 Å². The van der Waals surface area contributed by atoms with Crippen LogP contribution >= 0.6 is 0 Å². The number of carboxylic acids is 1. The Morgan fingerprint density at radius 1 is 1.15 bits per heavy atom. The van der Waals surface area contributed by atoms with E-state index in [1.165, 1.54) is 5.56 Å². The van der Waals surface area contributed by atoms with Gasteiger partial charge in [0.15, 0.2) is 0 Å². The maximum Gasteiger partial charge on any atom is 0.335 e. The van der Waals surface area contributed by atoms with Gasteiger partial charge in [-0.2, -0.15) is 4.98 Å². The summed E-state index contributed by atoms with van der Waals surface area (Å²) in [6.07, 6.45) is 4.43. The van der Waals surface area contributed by atoms with E-state index in [1.807, 2.05) is 37.1 Å². The Morgan fingerprint density at radius 2 is 1.93 bits per heavy atom. The third kappa shape index (κ3) is 5.01. The number of hydrogen-bond donors (Lipinski definition) is 2. The van der Waals surface area contributed by atoms with Crippen LogP contribution in [0.1, 0.15) is 21.6 Å². The fraction of sp³-hybridized carbons (Fsp3) is 0.200. The molecule has 0 spiro atoms. The minimum atomic E-state index is -0.964. The lowest BCUT2D eigenvalue weighted by atomic mass is 10.2. The van der Waals surface area contributed by atoms with Crippen LogP contribution in [0.4, 0.5) is 17.5 Å². The first kappa shape index (κ1) is 18.3. The molecule has 2 heterocycles. The number of carbonyl (C=O) groups is 1. The highest BCUT2D eigenvalue weighted by molar-refractivity contribution is 5.89. The van der Waals surface area contributed by atoms with Gasteiger partial charge in [0.2, 0.25) is 5.95 Å². The molecule has 0 aliphatic rings. The molecular formula is C20H21N5O2. The van der Waals surface area contributed by atoms with Crippen molar-refractivity contribution in [1.82, 2.24) is 15.0 Å². The molecule has 0 aliphatic carbocycles. The number of aromatic nitrogens is 3. The Bertz CT molecular complexity index is 931. The molecule has 2 aromatic heterocycles. The van der Waals surface area contributed by atoms with E-state index in [9.17, 15) is 4.79 Å². The third-order valence-corrected chi connectivity index (χ3v) is 4.05. The van der Waals surface area contributed by atoms with Gasteiger partial charge < -0.3 is 15.3 Å². The number of hydrogen-bond acceptors (Lipinski definition) is 6. The molecule has 0 unspecified atom stereocenters. The summed E-state index contributed by atoms with van der Waals surface area (Å²) < 4.78 is 0. The van der Waals surface area contributed by atoms with Gasteiger partial charge in [0.05, 0.1) is 5.56 Å². The Kier molecular flexibility index (Phi) is 5.61. The first-order chi connectivity index (χ1) is 13.0. The topological polar surface area (TPSA) is 91.2 Å². The van der Waals surface area contributed by atoms with Gasteiger partial charge in [0, 0.05) is 43.4 Å². The summed E-state index contributed by atoms with van der Waals surface area (Å²) in [4.78, 5) is 26.2. The molecule has 7 heteroatoms. The van der Waals surface area contributed by atoms with Crippen molar-refractivity contribution in [2.45, 2.75) is 13.3 Å². The number of carboxylic acid groups (broad SMARTS) is 1. The highest BCUT2D eigenvalue weighted by Crippen LogP contribution is 2.19. The number of likely N-dealkylation sites (N-methyl/N-ethyl adjacent to an activating group) is 1. The fourth-order valence-electron chi connectivity index (χ4n) is 2.61. The Labute approximate surface area is 157 Å². The average molecular weight is 363 g/mol. The van der Waals surface area contributed by atoms with Crippen molar-refractivity contribution in [1.29, 1.82) is 0 Å². The van der Waals surface area contributed by atoms with E-state index in [4.69, 9.17) is 5.11 Å². The van der Waals surface area contributed by atoms with E-state index in [0.717, 1.165) is 18.7 Å². The molecular weight excluding hydrogens is 342 g/mol. The van der Waals surface area contributed by atoms with Crippen molar-refractivity contribution in [2.24, 2.45) is 0 Å². The number of anilines is 3. The van der Waals surface area contributed by atoms with Gasteiger partial charge >= 0.3 is 5.97 Å². The largest absolute Gasteiger partial charge is 0.478 e. The van der Waals surface area contributed by atoms with Crippen molar-refractivity contribution in [3.63, 3.8) is 0 Å². The van der Waals surface area contributed by atoms with E-state index >= 15 is 0 Å². The van der Waals surface area contributed by atoms with Gasteiger partial charge in [0.25, 0.3) is 0 Å². The van der Waals surface area contributed by atoms with Gasteiger partial charge in [-0.15, -0.1) is 0 Å². The number of nitrogens with one attached hydrogen (secondary N) is 1. The van der Waals surface area contributed by atoms with Crippen LogP contribution in [-0.2, 0) is 6.42 Å². The van der Waals surface area contributed by atoms with Crippen LogP contribution in [0.5, 0.6) is 0 Å². The molecule has 0 aliphatic heterocycles. The molecule has 0 saturated carbocycles. The Morgan fingerprint density at radius 3 is 2.67 bits per heavy atom. The Hall–Kier alpha value is -3.48. The van der Waals surface area contributed by atoms with E-state index in [1.54, 1.807) is 36.7 Å². The fourth-order valence-corrected chi connectivity index (χ4v) is 2.61. The average Bonchev–Trinajstić information content (AvgIpc) is 2.66. The molecule has 0 fully saturated rings. The van der Waals surface area contributed by atoms with E-state index in [0.29, 0.717) is 17.5 Å². The molecule has 27 heavy (non-hydrogen) atoms. The maximum absolute atomic E-state index is 11.1. The molecule has 1 aromatic carbocycles. The zero-order valence-electron chi connectivity index (χ0n) is 15.3. The SMILES string of the molecule is Cc1cc(Nc2cccc(C(=O)O)c2)nc(N(C)CCc2ccncc2)n1.